The smallest absolute Gasteiger partial charge is 0.329 e. The van der Waals surface area contributed by atoms with Crippen LogP contribution in [0, 0.1) is 0 Å². The minimum Gasteiger partial charge on any atom is -0.489 e. The van der Waals surface area contributed by atoms with Gasteiger partial charge in [0.15, 0.2) is 0 Å². The van der Waals surface area contributed by atoms with Gasteiger partial charge in [0.05, 0.1) is 6.10 Å². The molecule has 1 N–H and O–H groups in total. The van der Waals surface area contributed by atoms with Crippen LogP contribution in [0.15, 0.2) is 47.4 Å². The summed E-state index contributed by atoms with van der Waals surface area (Å²) >= 11 is 1.73. The number of hydrogen-bond acceptors (Lipinski definition) is 4. The molecular weight excluding hydrogens is 336 g/mol. The Balaban J connectivity index is 1.57. The minimum atomic E-state index is -0.917. The molecule has 3 rings (SSSR count). The van der Waals surface area contributed by atoms with Crippen LogP contribution in [-0.4, -0.2) is 30.0 Å². The first kappa shape index (κ1) is 17.8. The Kier molecular flexibility index (Phi) is 6.00. The lowest BCUT2D eigenvalue weighted by atomic mass is 9.89. The Morgan fingerprint density at radius 2 is 2.00 bits per heavy atom. The van der Waals surface area contributed by atoms with Crippen molar-refractivity contribution in [3.05, 3.63) is 59.2 Å². The van der Waals surface area contributed by atoms with Crippen LogP contribution in [0.1, 0.15) is 23.1 Å². The first-order valence-corrected chi connectivity index (χ1v) is 9.57. The molecule has 0 aliphatic heterocycles. The van der Waals surface area contributed by atoms with Crippen LogP contribution in [0.3, 0.4) is 0 Å². The van der Waals surface area contributed by atoms with E-state index in [0.717, 1.165) is 30.6 Å². The monoisotopic (exact) mass is 358 g/mol. The largest absolute Gasteiger partial charge is 0.489 e. The summed E-state index contributed by atoms with van der Waals surface area (Å²) in [5.41, 5.74) is 3.64. The van der Waals surface area contributed by atoms with Crippen molar-refractivity contribution < 1.29 is 19.4 Å². The third-order valence-corrected chi connectivity index (χ3v) is 5.11. The fourth-order valence-electron chi connectivity index (χ4n) is 3.01. The molecule has 0 saturated heterocycles. The highest BCUT2D eigenvalue weighted by Gasteiger charge is 2.20. The fraction of sp³-hybridized carbons (Fsp3) is 0.350. The number of aryl methyl sites for hydroxylation is 1. The van der Waals surface area contributed by atoms with Gasteiger partial charge in [-0.2, -0.15) is 0 Å². The van der Waals surface area contributed by atoms with Crippen molar-refractivity contribution in [2.75, 3.05) is 12.9 Å². The molecule has 2 aromatic rings. The first-order valence-electron chi connectivity index (χ1n) is 8.35. The number of carboxylic acids is 1. The predicted molar refractivity (Wildman–Crippen MR) is 98.4 cm³/mol. The fourth-order valence-corrected chi connectivity index (χ4v) is 3.42. The molecule has 0 fully saturated rings. The molecule has 1 atom stereocenters. The first-order chi connectivity index (χ1) is 12.1. The molecule has 5 heteroatoms. The molecule has 1 unspecified atom stereocenters. The van der Waals surface area contributed by atoms with Gasteiger partial charge >= 0.3 is 5.97 Å². The maximum Gasteiger partial charge on any atom is 0.329 e. The second-order valence-electron chi connectivity index (χ2n) is 6.14. The standard InChI is InChI=1S/C20H22O4S/c1-25-19-8-2-14(3-9-19)12-23-17-6-4-16-11-18(24-13-20(21)22)7-5-15(16)10-17/h2-4,6,8-10,18H,5,7,11-13H2,1H3,(H,21,22). The molecule has 0 spiro atoms. The highest BCUT2D eigenvalue weighted by Crippen LogP contribution is 2.27. The molecule has 25 heavy (non-hydrogen) atoms. The lowest BCUT2D eigenvalue weighted by molar-refractivity contribution is -0.144. The van der Waals surface area contributed by atoms with Gasteiger partial charge in [0, 0.05) is 4.90 Å². The number of aliphatic carboxylic acids is 1. The summed E-state index contributed by atoms with van der Waals surface area (Å²) in [7, 11) is 0. The summed E-state index contributed by atoms with van der Waals surface area (Å²) in [5, 5.41) is 8.72. The Morgan fingerprint density at radius 3 is 2.72 bits per heavy atom. The zero-order valence-electron chi connectivity index (χ0n) is 14.2. The van der Waals surface area contributed by atoms with Gasteiger partial charge < -0.3 is 14.6 Å². The van der Waals surface area contributed by atoms with E-state index in [1.165, 1.54) is 16.0 Å². The Morgan fingerprint density at radius 1 is 1.20 bits per heavy atom. The number of rotatable bonds is 7. The molecular formula is C20H22O4S. The van der Waals surface area contributed by atoms with Crippen molar-refractivity contribution in [3.8, 4) is 5.75 Å². The molecule has 2 aromatic carbocycles. The van der Waals surface area contributed by atoms with E-state index in [2.05, 4.69) is 42.7 Å². The molecule has 132 valence electrons. The van der Waals surface area contributed by atoms with Gasteiger partial charge in [-0.1, -0.05) is 18.2 Å². The van der Waals surface area contributed by atoms with E-state index in [1.54, 1.807) is 11.8 Å². The van der Waals surface area contributed by atoms with Crippen LogP contribution in [-0.2, 0) is 29.0 Å². The van der Waals surface area contributed by atoms with Gasteiger partial charge in [-0.25, -0.2) is 4.79 Å². The van der Waals surface area contributed by atoms with Gasteiger partial charge in [-0.3, -0.25) is 0 Å². The average Bonchev–Trinajstić information content (AvgIpc) is 2.64. The van der Waals surface area contributed by atoms with E-state index in [1.807, 2.05) is 6.07 Å². The summed E-state index contributed by atoms with van der Waals surface area (Å²) in [6.07, 6.45) is 4.55. The maximum atomic E-state index is 10.6. The molecule has 4 nitrogen and oxygen atoms in total. The number of hydrogen-bond donors (Lipinski definition) is 1. The van der Waals surface area contributed by atoms with Crippen LogP contribution in [0.5, 0.6) is 5.75 Å². The molecule has 0 bridgehead atoms. The Labute approximate surface area is 152 Å². The summed E-state index contributed by atoms with van der Waals surface area (Å²) in [4.78, 5) is 11.9. The molecule has 0 aromatic heterocycles. The summed E-state index contributed by atoms with van der Waals surface area (Å²) < 4.78 is 11.3. The average molecular weight is 358 g/mol. The number of thioether (sulfide) groups is 1. The van der Waals surface area contributed by atoms with Gasteiger partial charge in [0.1, 0.15) is 19.0 Å². The number of carboxylic acid groups (broad SMARTS) is 1. The Hall–Kier alpha value is -1.98. The van der Waals surface area contributed by atoms with Crippen molar-refractivity contribution in [2.45, 2.75) is 36.9 Å². The topological polar surface area (TPSA) is 55.8 Å². The van der Waals surface area contributed by atoms with E-state index in [-0.39, 0.29) is 12.7 Å². The lowest BCUT2D eigenvalue weighted by Crippen LogP contribution is -2.25. The highest BCUT2D eigenvalue weighted by molar-refractivity contribution is 7.98. The molecule has 0 radical (unpaired) electrons. The summed E-state index contributed by atoms with van der Waals surface area (Å²) in [6, 6.07) is 14.5. The predicted octanol–water partition coefficient (Wildman–Crippen LogP) is 3.95. The number of ether oxygens (including phenoxy) is 2. The summed E-state index contributed by atoms with van der Waals surface area (Å²) in [6.45, 7) is 0.328. The van der Waals surface area contributed by atoms with E-state index in [4.69, 9.17) is 14.6 Å². The third-order valence-electron chi connectivity index (χ3n) is 4.37. The highest BCUT2D eigenvalue weighted by atomic mass is 32.2. The van der Waals surface area contributed by atoms with Crippen LogP contribution < -0.4 is 4.74 Å². The van der Waals surface area contributed by atoms with Crippen molar-refractivity contribution in [1.82, 2.24) is 0 Å². The zero-order valence-corrected chi connectivity index (χ0v) is 15.1. The van der Waals surface area contributed by atoms with Gasteiger partial charge in [0.2, 0.25) is 0 Å². The normalized spacial score (nSPS) is 16.3. The SMILES string of the molecule is CSc1ccc(COc2ccc3c(c2)CCC(OCC(=O)O)C3)cc1. The third kappa shape index (κ3) is 5.00. The van der Waals surface area contributed by atoms with Crippen LogP contribution in [0.4, 0.5) is 0 Å². The number of carbonyl (C=O) groups is 1. The van der Waals surface area contributed by atoms with Gasteiger partial charge in [-0.05, 0) is 66.5 Å². The molecule has 0 heterocycles. The molecule has 1 aliphatic rings. The van der Waals surface area contributed by atoms with E-state index in [9.17, 15) is 4.79 Å². The number of fused-ring (bicyclic) bond motifs is 1. The van der Waals surface area contributed by atoms with Crippen molar-refractivity contribution >= 4 is 17.7 Å². The molecule has 0 amide bonds. The lowest BCUT2D eigenvalue weighted by Gasteiger charge is -2.24. The van der Waals surface area contributed by atoms with E-state index in [0.29, 0.717) is 6.61 Å². The maximum absolute atomic E-state index is 10.6. The van der Waals surface area contributed by atoms with Crippen molar-refractivity contribution in [2.24, 2.45) is 0 Å². The van der Waals surface area contributed by atoms with Crippen molar-refractivity contribution in [3.63, 3.8) is 0 Å². The summed E-state index contributed by atoms with van der Waals surface area (Å²) in [5.74, 6) is -0.0438. The van der Waals surface area contributed by atoms with Crippen LogP contribution in [0.2, 0.25) is 0 Å². The quantitative estimate of drug-likeness (QED) is 0.760. The van der Waals surface area contributed by atoms with Gasteiger partial charge in [-0.15, -0.1) is 11.8 Å². The minimum absolute atomic E-state index is 0.00896. The van der Waals surface area contributed by atoms with Gasteiger partial charge in [0.25, 0.3) is 0 Å². The molecule has 0 saturated carbocycles. The van der Waals surface area contributed by atoms with E-state index < -0.39 is 5.97 Å². The van der Waals surface area contributed by atoms with Crippen LogP contribution in [0.25, 0.3) is 0 Å². The second kappa shape index (κ2) is 8.41. The van der Waals surface area contributed by atoms with E-state index >= 15 is 0 Å². The van der Waals surface area contributed by atoms with Crippen molar-refractivity contribution in [1.29, 1.82) is 0 Å². The molecule has 1 aliphatic carbocycles. The number of benzene rings is 2. The zero-order chi connectivity index (χ0) is 17.6. The van der Waals surface area contributed by atoms with Crippen LogP contribution >= 0.6 is 11.8 Å². The Bertz CT molecular complexity index is 727. The second-order valence-corrected chi connectivity index (χ2v) is 7.02.